The van der Waals surface area contributed by atoms with E-state index in [2.05, 4.69) is 31.6 Å². The summed E-state index contributed by atoms with van der Waals surface area (Å²) < 4.78 is 2.14. The lowest BCUT2D eigenvalue weighted by Gasteiger charge is -2.07. The number of nitrogens with zero attached hydrogens (tertiary/aromatic N) is 3. The zero-order valence-electron chi connectivity index (χ0n) is 9.88. The second kappa shape index (κ2) is 5.81. The van der Waals surface area contributed by atoms with Crippen LogP contribution in [-0.2, 0) is 17.9 Å². The van der Waals surface area contributed by atoms with Crippen molar-refractivity contribution in [2.45, 2.75) is 13.1 Å². The average molecular weight is 326 g/mol. The van der Waals surface area contributed by atoms with Crippen molar-refractivity contribution in [1.29, 1.82) is 0 Å². The van der Waals surface area contributed by atoms with E-state index in [1.165, 1.54) is 10.7 Å². The molecule has 2 aromatic rings. The molecule has 0 saturated heterocycles. The van der Waals surface area contributed by atoms with Crippen LogP contribution in [0.15, 0.2) is 28.9 Å². The average Bonchev–Trinajstić information content (AvgIpc) is 2.81. The van der Waals surface area contributed by atoms with Gasteiger partial charge in [-0.05, 0) is 18.2 Å². The topological polar surface area (TPSA) is 106 Å². The van der Waals surface area contributed by atoms with Gasteiger partial charge in [-0.3, -0.25) is 4.79 Å². The van der Waals surface area contributed by atoms with Gasteiger partial charge in [0.2, 0.25) is 5.91 Å². The van der Waals surface area contributed by atoms with Crippen molar-refractivity contribution < 1.29 is 9.90 Å². The molecule has 0 saturated carbocycles. The van der Waals surface area contributed by atoms with Crippen molar-refractivity contribution in [1.82, 2.24) is 15.0 Å². The van der Waals surface area contributed by atoms with Gasteiger partial charge in [-0.15, -0.1) is 5.10 Å². The van der Waals surface area contributed by atoms with Gasteiger partial charge in [-0.25, -0.2) is 4.68 Å². The van der Waals surface area contributed by atoms with Crippen LogP contribution in [0.25, 0.3) is 0 Å². The molecule has 100 valence electrons. The van der Waals surface area contributed by atoms with Crippen LogP contribution in [0.1, 0.15) is 5.69 Å². The lowest BCUT2D eigenvalue weighted by Crippen LogP contribution is -2.19. The molecule has 0 aliphatic heterocycles. The fourth-order valence-corrected chi connectivity index (χ4v) is 1.82. The van der Waals surface area contributed by atoms with Crippen molar-refractivity contribution in [3.8, 4) is 5.75 Å². The summed E-state index contributed by atoms with van der Waals surface area (Å²) in [5.74, 6) is -0.320. The number of rotatable bonds is 4. The third-order valence-corrected chi connectivity index (χ3v) is 2.83. The second-order valence-corrected chi connectivity index (χ2v) is 4.74. The number of carbonyl (C=O) groups excluding carboxylic acids is 1. The molecule has 2 rings (SSSR count). The standard InChI is InChI=1S/C11H12BrN5O2/c12-7-1-2-10(18)9(3-7)14-11(19)6-17-5-8(4-13)15-16-17/h1-3,5,18H,4,6,13H2,(H,14,19). The monoisotopic (exact) mass is 325 g/mol. The predicted molar refractivity (Wildman–Crippen MR) is 72.3 cm³/mol. The van der Waals surface area contributed by atoms with Gasteiger partial charge in [-0.1, -0.05) is 21.1 Å². The molecule has 1 amide bonds. The molecule has 1 heterocycles. The molecule has 0 aliphatic carbocycles. The highest BCUT2D eigenvalue weighted by Crippen LogP contribution is 2.26. The first kappa shape index (κ1) is 13.5. The normalized spacial score (nSPS) is 10.4. The van der Waals surface area contributed by atoms with Gasteiger partial charge >= 0.3 is 0 Å². The smallest absolute Gasteiger partial charge is 0.246 e. The van der Waals surface area contributed by atoms with Crippen molar-refractivity contribution >= 4 is 27.5 Å². The van der Waals surface area contributed by atoms with E-state index in [9.17, 15) is 9.90 Å². The van der Waals surface area contributed by atoms with Crippen LogP contribution in [0.5, 0.6) is 5.75 Å². The molecule has 1 aromatic carbocycles. The summed E-state index contributed by atoms with van der Waals surface area (Å²) in [6.45, 7) is 0.271. The van der Waals surface area contributed by atoms with Crippen LogP contribution in [0.3, 0.4) is 0 Å². The predicted octanol–water partition coefficient (Wildman–Crippen LogP) is 0.844. The van der Waals surface area contributed by atoms with Gasteiger partial charge in [0.25, 0.3) is 0 Å². The molecule has 8 heteroatoms. The molecule has 7 nitrogen and oxygen atoms in total. The maximum Gasteiger partial charge on any atom is 0.246 e. The third kappa shape index (κ3) is 3.52. The number of hydrogen-bond donors (Lipinski definition) is 3. The Morgan fingerprint density at radius 3 is 3.00 bits per heavy atom. The zero-order valence-corrected chi connectivity index (χ0v) is 11.5. The van der Waals surface area contributed by atoms with Gasteiger partial charge in [0.1, 0.15) is 12.3 Å². The Hall–Kier alpha value is -1.93. The first-order valence-corrected chi connectivity index (χ1v) is 6.25. The van der Waals surface area contributed by atoms with E-state index >= 15 is 0 Å². The fraction of sp³-hybridized carbons (Fsp3) is 0.182. The Morgan fingerprint density at radius 2 is 2.32 bits per heavy atom. The number of aromatic nitrogens is 3. The molecule has 0 aliphatic rings. The number of hydrogen-bond acceptors (Lipinski definition) is 5. The van der Waals surface area contributed by atoms with Gasteiger partial charge in [0, 0.05) is 11.0 Å². The Balaban J connectivity index is 2.03. The fourth-order valence-electron chi connectivity index (χ4n) is 1.45. The summed E-state index contributed by atoms with van der Waals surface area (Å²) in [6.07, 6.45) is 1.60. The number of phenols is 1. The maximum absolute atomic E-state index is 11.8. The molecule has 0 spiro atoms. The van der Waals surface area contributed by atoms with E-state index in [4.69, 9.17) is 5.73 Å². The SMILES string of the molecule is NCc1cn(CC(=O)Nc2cc(Br)ccc2O)nn1. The molecule has 1 aromatic heterocycles. The Labute approximate surface area is 117 Å². The number of benzene rings is 1. The minimum atomic E-state index is -0.318. The third-order valence-electron chi connectivity index (χ3n) is 2.33. The van der Waals surface area contributed by atoms with E-state index in [-0.39, 0.29) is 24.7 Å². The molecular formula is C11H12BrN5O2. The first-order valence-electron chi connectivity index (χ1n) is 5.46. The van der Waals surface area contributed by atoms with Crippen molar-refractivity contribution in [3.63, 3.8) is 0 Å². The Morgan fingerprint density at radius 1 is 1.53 bits per heavy atom. The zero-order chi connectivity index (χ0) is 13.8. The van der Waals surface area contributed by atoms with Gasteiger partial charge in [0.05, 0.1) is 17.6 Å². The minimum absolute atomic E-state index is 0.00104. The molecule has 0 atom stereocenters. The highest BCUT2D eigenvalue weighted by Gasteiger charge is 2.09. The first-order chi connectivity index (χ1) is 9.08. The van der Waals surface area contributed by atoms with Gasteiger partial charge < -0.3 is 16.2 Å². The largest absolute Gasteiger partial charge is 0.506 e. The van der Waals surface area contributed by atoms with Gasteiger partial charge in [-0.2, -0.15) is 0 Å². The van der Waals surface area contributed by atoms with Crippen molar-refractivity contribution in [2.75, 3.05) is 5.32 Å². The number of nitrogens with two attached hydrogens (primary N) is 1. The van der Waals surface area contributed by atoms with Crippen LogP contribution in [0.4, 0.5) is 5.69 Å². The van der Waals surface area contributed by atoms with Crippen LogP contribution in [-0.4, -0.2) is 26.0 Å². The Bertz CT molecular complexity index is 599. The summed E-state index contributed by atoms with van der Waals surface area (Å²) in [7, 11) is 0. The summed E-state index contributed by atoms with van der Waals surface area (Å²) >= 11 is 3.26. The second-order valence-electron chi connectivity index (χ2n) is 3.82. The number of aromatic hydroxyl groups is 1. The lowest BCUT2D eigenvalue weighted by atomic mass is 10.3. The highest BCUT2D eigenvalue weighted by molar-refractivity contribution is 9.10. The number of halogens is 1. The summed E-state index contributed by atoms with van der Waals surface area (Å²) in [6, 6.07) is 4.78. The molecule has 4 N–H and O–H groups in total. The van der Waals surface area contributed by atoms with Gasteiger partial charge in [0.15, 0.2) is 0 Å². The van der Waals surface area contributed by atoms with E-state index in [1.54, 1.807) is 18.3 Å². The molecule has 0 radical (unpaired) electrons. The number of nitrogens with one attached hydrogen (secondary N) is 1. The summed E-state index contributed by atoms with van der Waals surface area (Å²) in [5.41, 5.74) is 6.34. The minimum Gasteiger partial charge on any atom is -0.506 e. The molecule has 0 fully saturated rings. The van der Waals surface area contributed by atoms with E-state index < -0.39 is 0 Å². The number of phenolic OH excluding ortho intramolecular Hbond substituents is 1. The van der Waals surface area contributed by atoms with E-state index in [0.29, 0.717) is 11.4 Å². The highest BCUT2D eigenvalue weighted by atomic mass is 79.9. The number of anilines is 1. The summed E-state index contributed by atoms with van der Waals surface area (Å²) in [4.78, 5) is 11.8. The quantitative estimate of drug-likeness (QED) is 0.722. The Kier molecular flexibility index (Phi) is 4.13. The van der Waals surface area contributed by atoms with Crippen LogP contribution >= 0.6 is 15.9 Å². The lowest BCUT2D eigenvalue weighted by molar-refractivity contribution is -0.116. The van der Waals surface area contributed by atoms with Crippen molar-refractivity contribution in [2.24, 2.45) is 5.73 Å². The summed E-state index contributed by atoms with van der Waals surface area (Å²) in [5, 5.41) is 19.7. The van der Waals surface area contributed by atoms with Crippen molar-refractivity contribution in [3.05, 3.63) is 34.6 Å². The van der Waals surface area contributed by atoms with Crippen LogP contribution in [0.2, 0.25) is 0 Å². The van der Waals surface area contributed by atoms with E-state index in [0.717, 1.165) is 4.47 Å². The molecule has 0 bridgehead atoms. The molecular weight excluding hydrogens is 314 g/mol. The molecule has 19 heavy (non-hydrogen) atoms. The number of carbonyl (C=O) groups is 1. The number of amides is 1. The van der Waals surface area contributed by atoms with Crippen LogP contribution < -0.4 is 11.1 Å². The molecule has 0 unspecified atom stereocenters. The maximum atomic E-state index is 11.8. The van der Waals surface area contributed by atoms with Crippen LogP contribution in [0, 0.1) is 0 Å². The van der Waals surface area contributed by atoms with E-state index in [1.807, 2.05) is 0 Å².